The van der Waals surface area contributed by atoms with Crippen LogP contribution >= 0.6 is 0 Å². The SMILES string of the molecule is CCNC1(C(N)=O)CCCC1CCOC1CCCC1. The summed E-state index contributed by atoms with van der Waals surface area (Å²) in [6.45, 7) is 3.60. The number of likely N-dealkylation sites (N-methyl/N-ethyl adjacent to an activating group) is 1. The molecule has 0 bridgehead atoms. The number of nitrogens with two attached hydrogens (primary N) is 1. The van der Waals surface area contributed by atoms with E-state index < -0.39 is 5.54 Å². The third kappa shape index (κ3) is 3.29. The Labute approximate surface area is 116 Å². The Hall–Kier alpha value is -0.610. The topological polar surface area (TPSA) is 64.3 Å². The first-order valence-corrected chi connectivity index (χ1v) is 7.85. The molecule has 0 aliphatic heterocycles. The number of nitrogens with one attached hydrogen (secondary N) is 1. The van der Waals surface area contributed by atoms with Gasteiger partial charge < -0.3 is 15.8 Å². The van der Waals surface area contributed by atoms with E-state index in [2.05, 4.69) is 5.32 Å². The summed E-state index contributed by atoms with van der Waals surface area (Å²) >= 11 is 0. The Bertz CT molecular complexity index is 303. The van der Waals surface area contributed by atoms with E-state index in [-0.39, 0.29) is 5.91 Å². The molecular weight excluding hydrogens is 240 g/mol. The Morgan fingerprint density at radius 1 is 1.32 bits per heavy atom. The highest BCUT2D eigenvalue weighted by Gasteiger charge is 2.46. The number of hydrogen-bond donors (Lipinski definition) is 2. The molecule has 0 aromatic rings. The zero-order valence-electron chi connectivity index (χ0n) is 12.1. The van der Waals surface area contributed by atoms with Gasteiger partial charge in [-0.2, -0.15) is 0 Å². The lowest BCUT2D eigenvalue weighted by Crippen LogP contribution is -2.58. The second kappa shape index (κ2) is 6.71. The molecule has 0 saturated heterocycles. The van der Waals surface area contributed by atoms with Gasteiger partial charge in [0.15, 0.2) is 0 Å². The summed E-state index contributed by atoms with van der Waals surface area (Å²) in [6.07, 6.45) is 9.49. The van der Waals surface area contributed by atoms with E-state index in [4.69, 9.17) is 10.5 Å². The maximum absolute atomic E-state index is 11.9. The molecule has 0 aromatic heterocycles. The molecule has 0 heterocycles. The monoisotopic (exact) mass is 268 g/mol. The van der Waals surface area contributed by atoms with Crippen LogP contribution in [0, 0.1) is 5.92 Å². The minimum absolute atomic E-state index is 0.183. The normalized spacial score (nSPS) is 31.9. The third-order valence-electron chi connectivity index (χ3n) is 4.87. The number of carbonyl (C=O) groups is 1. The molecule has 2 saturated carbocycles. The average Bonchev–Trinajstić information content (AvgIpc) is 3.01. The molecule has 19 heavy (non-hydrogen) atoms. The van der Waals surface area contributed by atoms with Gasteiger partial charge in [0, 0.05) is 6.61 Å². The molecule has 4 nitrogen and oxygen atoms in total. The quantitative estimate of drug-likeness (QED) is 0.742. The maximum Gasteiger partial charge on any atom is 0.238 e. The van der Waals surface area contributed by atoms with Crippen molar-refractivity contribution in [3.05, 3.63) is 0 Å². The van der Waals surface area contributed by atoms with Crippen LogP contribution in [-0.4, -0.2) is 30.7 Å². The van der Waals surface area contributed by atoms with Gasteiger partial charge in [0.2, 0.25) is 5.91 Å². The van der Waals surface area contributed by atoms with Crippen molar-refractivity contribution in [2.24, 2.45) is 11.7 Å². The van der Waals surface area contributed by atoms with Crippen LogP contribution in [0.2, 0.25) is 0 Å². The van der Waals surface area contributed by atoms with Crippen LogP contribution in [-0.2, 0) is 9.53 Å². The predicted octanol–water partition coefficient (Wildman–Crippen LogP) is 1.97. The summed E-state index contributed by atoms with van der Waals surface area (Å²) < 4.78 is 5.94. The molecule has 0 radical (unpaired) electrons. The number of ether oxygens (including phenoxy) is 1. The molecule has 0 spiro atoms. The fourth-order valence-corrected chi connectivity index (χ4v) is 3.86. The lowest BCUT2D eigenvalue weighted by Gasteiger charge is -2.33. The molecule has 2 atom stereocenters. The van der Waals surface area contributed by atoms with Crippen LogP contribution in [0.5, 0.6) is 0 Å². The molecule has 2 aliphatic rings. The zero-order chi connectivity index (χ0) is 13.7. The smallest absolute Gasteiger partial charge is 0.238 e. The minimum atomic E-state index is -0.478. The number of amides is 1. The molecule has 110 valence electrons. The standard InChI is InChI=1S/C15H28N2O2/c1-2-17-15(14(16)18)10-5-6-12(15)9-11-19-13-7-3-4-8-13/h12-13,17H,2-11H2,1H3,(H2,16,18). The van der Waals surface area contributed by atoms with E-state index in [1.165, 1.54) is 25.7 Å². The molecule has 2 aliphatic carbocycles. The first kappa shape index (κ1) is 14.8. The van der Waals surface area contributed by atoms with Gasteiger partial charge in [-0.15, -0.1) is 0 Å². The molecule has 3 N–H and O–H groups in total. The fraction of sp³-hybridized carbons (Fsp3) is 0.933. The Morgan fingerprint density at radius 3 is 2.68 bits per heavy atom. The van der Waals surface area contributed by atoms with E-state index in [1.807, 2.05) is 6.92 Å². The highest BCUT2D eigenvalue weighted by Crippen LogP contribution is 2.38. The van der Waals surface area contributed by atoms with Crippen LogP contribution in [0.4, 0.5) is 0 Å². The molecular formula is C15H28N2O2. The lowest BCUT2D eigenvalue weighted by atomic mass is 9.84. The largest absolute Gasteiger partial charge is 0.378 e. The third-order valence-corrected chi connectivity index (χ3v) is 4.87. The molecule has 1 amide bonds. The number of primary amides is 1. The van der Waals surface area contributed by atoms with E-state index in [0.717, 1.165) is 38.8 Å². The number of rotatable bonds is 7. The molecule has 2 fully saturated rings. The number of hydrogen-bond acceptors (Lipinski definition) is 3. The van der Waals surface area contributed by atoms with Gasteiger partial charge in [-0.25, -0.2) is 0 Å². The summed E-state index contributed by atoms with van der Waals surface area (Å²) in [5, 5.41) is 3.36. The summed E-state index contributed by atoms with van der Waals surface area (Å²) in [4.78, 5) is 11.9. The van der Waals surface area contributed by atoms with Crippen molar-refractivity contribution < 1.29 is 9.53 Å². The van der Waals surface area contributed by atoms with E-state index in [0.29, 0.717) is 12.0 Å². The van der Waals surface area contributed by atoms with E-state index in [9.17, 15) is 4.79 Å². The van der Waals surface area contributed by atoms with E-state index in [1.54, 1.807) is 0 Å². The second-order valence-corrected chi connectivity index (χ2v) is 6.02. The van der Waals surface area contributed by atoms with Crippen molar-refractivity contribution in [2.45, 2.75) is 69.9 Å². The van der Waals surface area contributed by atoms with Gasteiger partial charge in [0.05, 0.1) is 6.10 Å². The first-order valence-electron chi connectivity index (χ1n) is 7.85. The Balaban J connectivity index is 1.84. The van der Waals surface area contributed by atoms with Gasteiger partial charge in [-0.3, -0.25) is 4.79 Å². The molecule has 2 unspecified atom stereocenters. The summed E-state index contributed by atoms with van der Waals surface area (Å²) in [5.74, 6) is 0.157. The lowest BCUT2D eigenvalue weighted by molar-refractivity contribution is -0.126. The fourth-order valence-electron chi connectivity index (χ4n) is 3.86. The van der Waals surface area contributed by atoms with Crippen molar-refractivity contribution in [3.63, 3.8) is 0 Å². The molecule has 0 aromatic carbocycles. The number of carbonyl (C=O) groups excluding carboxylic acids is 1. The van der Waals surface area contributed by atoms with Crippen LogP contribution < -0.4 is 11.1 Å². The Morgan fingerprint density at radius 2 is 2.05 bits per heavy atom. The van der Waals surface area contributed by atoms with Gasteiger partial charge in [-0.1, -0.05) is 26.2 Å². The minimum Gasteiger partial charge on any atom is -0.378 e. The van der Waals surface area contributed by atoms with Gasteiger partial charge in [0.1, 0.15) is 5.54 Å². The maximum atomic E-state index is 11.9. The summed E-state index contributed by atoms with van der Waals surface area (Å²) in [6, 6.07) is 0. The highest BCUT2D eigenvalue weighted by molar-refractivity contribution is 5.85. The summed E-state index contributed by atoms with van der Waals surface area (Å²) in [7, 11) is 0. The van der Waals surface area contributed by atoms with Crippen LogP contribution in [0.15, 0.2) is 0 Å². The average molecular weight is 268 g/mol. The van der Waals surface area contributed by atoms with Crippen molar-refractivity contribution in [3.8, 4) is 0 Å². The van der Waals surface area contributed by atoms with Gasteiger partial charge in [-0.05, 0) is 44.6 Å². The molecule has 4 heteroatoms. The van der Waals surface area contributed by atoms with Gasteiger partial charge >= 0.3 is 0 Å². The second-order valence-electron chi connectivity index (χ2n) is 6.02. The van der Waals surface area contributed by atoms with Gasteiger partial charge in [0.25, 0.3) is 0 Å². The van der Waals surface area contributed by atoms with Crippen molar-refractivity contribution in [2.75, 3.05) is 13.2 Å². The van der Waals surface area contributed by atoms with Crippen molar-refractivity contribution >= 4 is 5.91 Å². The van der Waals surface area contributed by atoms with Crippen LogP contribution in [0.3, 0.4) is 0 Å². The Kier molecular flexibility index (Phi) is 5.22. The molecule has 2 rings (SSSR count). The van der Waals surface area contributed by atoms with Crippen LogP contribution in [0.25, 0.3) is 0 Å². The highest BCUT2D eigenvalue weighted by atomic mass is 16.5. The van der Waals surface area contributed by atoms with Crippen molar-refractivity contribution in [1.82, 2.24) is 5.32 Å². The van der Waals surface area contributed by atoms with E-state index >= 15 is 0 Å². The zero-order valence-corrected chi connectivity index (χ0v) is 12.1. The van der Waals surface area contributed by atoms with Crippen LogP contribution in [0.1, 0.15) is 58.3 Å². The summed E-state index contributed by atoms with van der Waals surface area (Å²) in [5.41, 5.74) is 5.18. The van der Waals surface area contributed by atoms with Crippen molar-refractivity contribution in [1.29, 1.82) is 0 Å². The first-order chi connectivity index (χ1) is 9.19. The predicted molar refractivity (Wildman–Crippen MR) is 75.8 cm³/mol.